The molecule has 1 saturated heterocycles. The van der Waals surface area contributed by atoms with Crippen molar-refractivity contribution in [2.75, 3.05) is 18.0 Å². The fraction of sp³-hybridized carbons (Fsp3) is 0.367. The fourth-order valence-corrected chi connectivity index (χ4v) is 6.66. The van der Waals surface area contributed by atoms with Crippen LogP contribution in [-0.4, -0.2) is 55.5 Å². The number of rotatable bonds is 5. The topological polar surface area (TPSA) is 84.2 Å². The van der Waals surface area contributed by atoms with Crippen LogP contribution >= 0.6 is 22.9 Å². The van der Waals surface area contributed by atoms with Crippen LogP contribution in [0.2, 0.25) is 5.02 Å². The molecule has 10 heteroatoms. The van der Waals surface area contributed by atoms with Gasteiger partial charge in [0.15, 0.2) is 5.65 Å². The van der Waals surface area contributed by atoms with Crippen molar-refractivity contribution in [3.05, 3.63) is 74.8 Å². The Labute approximate surface area is 243 Å². The molecule has 0 saturated carbocycles. The van der Waals surface area contributed by atoms with Gasteiger partial charge in [-0.1, -0.05) is 32.0 Å². The maximum atomic E-state index is 14.0. The zero-order valence-electron chi connectivity index (χ0n) is 23.6. The largest absolute Gasteiger partial charge is 0.355 e. The molecule has 0 bridgehead atoms. The lowest BCUT2D eigenvalue weighted by atomic mass is 10.0. The lowest BCUT2D eigenvalue weighted by Crippen LogP contribution is -2.58. The third-order valence-electron chi connectivity index (χ3n) is 7.52. The van der Waals surface area contributed by atoms with Gasteiger partial charge < -0.3 is 9.80 Å². The minimum Gasteiger partial charge on any atom is -0.349 e. The van der Waals surface area contributed by atoms with Gasteiger partial charge in [0, 0.05) is 31.4 Å². The summed E-state index contributed by atoms with van der Waals surface area (Å²) in [5.74, 6) is 0.471. The number of aromatic nitrogens is 4. The maximum Gasteiger partial charge on any atom is 0.355 e. The van der Waals surface area contributed by atoms with E-state index < -0.39 is 5.69 Å². The Bertz CT molecular complexity index is 1690. The first kappa shape index (κ1) is 28.0. The number of hydrogen-bond acceptors (Lipinski definition) is 7. The molecule has 5 rings (SSSR count). The van der Waals surface area contributed by atoms with Gasteiger partial charge in [-0.25, -0.2) is 14.3 Å². The smallest absolute Gasteiger partial charge is 0.349 e. The number of fused-ring (bicyclic) bond motifs is 1. The Morgan fingerprint density at radius 2 is 1.90 bits per heavy atom. The van der Waals surface area contributed by atoms with E-state index in [1.54, 1.807) is 27.0 Å². The van der Waals surface area contributed by atoms with Gasteiger partial charge in [0.1, 0.15) is 11.5 Å². The third kappa shape index (κ3) is 4.71. The summed E-state index contributed by atoms with van der Waals surface area (Å²) in [6, 6.07) is 5.59. The number of halogens is 1. The molecular weight excluding hydrogens is 544 g/mol. The van der Waals surface area contributed by atoms with Crippen molar-refractivity contribution in [2.24, 2.45) is 0 Å². The molecule has 1 fully saturated rings. The summed E-state index contributed by atoms with van der Waals surface area (Å²) in [5.41, 5.74) is 4.12. The molecule has 0 aromatic carbocycles. The van der Waals surface area contributed by atoms with Crippen LogP contribution in [0.25, 0.3) is 27.3 Å². The second-order valence-corrected chi connectivity index (χ2v) is 12.1. The van der Waals surface area contributed by atoms with Crippen LogP contribution < -0.4 is 10.6 Å². The quantitative estimate of drug-likeness (QED) is 0.275. The highest BCUT2D eigenvalue weighted by Gasteiger charge is 2.34. The average Bonchev–Trinajstić information content (AvgIpc) is 3.34. The minimum absolute atomic E-state index is 0.0687. The molecule has 0 N–H and O–H groups in total. The molecule has 40 heavy (non-hydrogen) atoms. The minimum atomic E-state index is -0.436. The highest BCUT2D eigenvalue weighted by atomic mass is 35.5. The Balaban J connectivity index is 1.82. The molecule has 1 amide bonds. The molecule has 5 heterocycles. The number of amides is 1. The Kier molecular flexibility index (Phi) is 7.54. The van der Waals surface area contributed by atoms with E-state index in [-0.39, 0.29) is 23.9 Å². The lowest BCUT2D eigenvalue weighted by Gasteiger charge is -2.44. The predicted molar refractivity (Wildman–Crippen MR) is 163 cm³/mol. The second-order valence-electron chi connectivity index (χ2n) is 10.7. The predicted octanol–water partition coefficient (Wildman–Crippen LogP) is 5.91. The molecule has 0 aliphatic carbocycles. The van der Waals surface area contributed by atoms with Gasteiger partial charge in [0.2, 0.25) is 5.91 Å². The summed E-state index contributed by atoms with van der Waals surface area (Å²) in [4.78, 5) is 45.7. The number of carbonyl (C=O) groups is 1. The number of piperazine rings is 1. The summed E-state index contributed by atoms with van der Waals surface area (Å²) in [6.45, 7) is 16.7. The summed E-state index contributed by atoms with van der Waals surface area (Å²) >= 11 is 8.47. The molecule has 8 nitrogen and oxygen atoms in total. The highest BCUT2D eigenvalue weighted by molar-refractivity contribution is 7.13. The molecule has 0 radical (unpaired) electrons. The van der Waals surface area contributed by atoms with E-state index in [4.69, 9.17) is 16.6 Å². The van der Waals surface area contributed by atoms with Crippen molar-refractivity contribution >= 4 is 45.7 Å². The van der Waals surface area contributed by atoms with Crippen molar-refractivity contribution in [1.82, 2.24) is 24.4 Å². The van der Waals surface area contributed by atoms with Crippen LogP contribution in [0, 0.1) is 13.8 Å². The number of anilines is 1. The van der Waals surface area contributed by atoms with Gasteiger partial charge in [-0.3, -0.25) is 9.78 Å². The molecular formula is C30H33ClN6O2S. The van der Waals surface area contributed by atoms with Gasteiger partial charge in [-0.05, 0) is 74.4 Å². The normalized spacial score (nSPS) is 17.6. The molecule has 2 unspecified atom stereocenters. The molecule has 0 spiro atoms. The SMILES string of the molecule is C=CC(=O)N1CC(C)N(c2nc(=O)n(-c3c(C)ccnc3C(C)C)c3nc(-c4sccc4C)c(Cl)cc23)CC1C. The van der Waals surface area contributed by atoms with Gasteiger partial charge >= 0.3 is 5.69 Å². The van der Waals surface area contributed by atoms with Gasteiger partial charge in [0.25, 0.3) is 0 Å². The van der Waals surface area contributed by atoms with Gasteiger partial charge in [-0.2, -0.15) is 4.98 Å². The van der Waals surface area contributed by atoms with Crippen LogP contribution in [0.4, 0.5) is 5.82 Å². The van der Waals surface area contributed by atoms with E-state index in [9.17, 15) is 9.59 Å². The zero-order valence-corrected chi connectivity index (χ0v) is 25.2. The third-order valence-corrected chi connectivity index (χ3v) is 8.83. The van der Waals surface area contributed by atoms with Crippen molar-refractivity contribution in [3.63, 3.8) is 0 Å². The number of hydrogen-bond donors (Lipinski definition) is 0. The van der Waals surface area contributed by atoms with Crippen LogP contribution in [0.3, 0.4) is 0 Å². The summed E-state index contributed by atoms with van der Waals surface area (Å²) < 4.78 is 1.59. The number of pyridine rings is 2. The standard InChI is InChI=1S/C30H33ClN6O2S/c1-8-23(38)35-14-20(7)36(15-19(35)6)28-21-13-22(31)25(27-18(5)10-12-40-27)33-29(21)37(30(39)34-28)26-17(4)9-11-32-24(26)16(2)3/h8-13,16,19-20H,1,14-15H2,2-7H3. The Morgan fingerprint density at radius 3 is 2.55 bits per heavy atom. The highest BCUT2D eigenvalue weighted by Crippen LogP contribution is 2.38. The zero-order chi connectivity index (χ0) is 28.9. The van der Waals surface area contributed by atoms with Crippen LogP contribution in [0.5, 0.6) is 0 Å². The van der Waals surface area contributed by atoms with Crippen molar-refractivity contribution in [3.8, 4) is 16.3 Å². The van der Waals surface area contributed by atoms with Gasteiger partial charge in [0.05, 0.1) is 26.7 Å². The molecule has 4 aromatic rings. The van der Waals surface area contributed by atoms with Crippen LogP contribution in [0.1, 0.15) is 50.4 Å². The van der Waals surface area contributed by atoms with Crippen molar-refractivity contribution < 1.29 is 4.79 Å². The maximum absolute atomic E-state index is 14.0. The van der Waals surface area contributed by atoms with Gasteiger partial charge in [-0.15, -0.1) is 11.3 Å². The average molecular weight is 577 g/mol. The Hall–Kier alpha value is -3.56. The van der Waals surface area contributed by atoms with E-state index in [1.165, 1.54) is 6.08 Å². The number of thiophene rings is 1. The van der Waals surface area contributed by atoms with E-state index in [2.05, 4.69) is 35.3 Å². The van der Waals surface area contributed by atoms with Crippen LogP contribution in [0.15, 0.2) is 47.2 Å². The summed E-state index contributed by atoms with van der Waals surface area (Å²) in [5, 5.41) is 3.16. The second kappa shape index (κ2) is 10.8. The number of nitrogens with zero attached hydrogens (tertiary/aromatic N) is 6. The molecule has 2 atom stereocenters. The summed E-state index contributed by atoms with van der Waals surface area (Å²) in [7, 11) is 0. The lowest BCUT2D eigenvalue weighted by molar-refractivity contribution is -0.128. The number of aryl methyl sites for hydroxylation is 2. The molecule has 1 aliphatic rings. The molecule has 4 aromatic heterocycles. The first-order valence-electron chi connectivity index (χ1n) is 13.4. The first-order valence-corrected chi connectivity index (χ1v) is 14.6. The summed E-state index contributed by atoms with van der Waals surface area (Å²) in [6.07, 6.45) is 3.11. The van der Waals surface area contributed by atoms with Crippen molar-refractivity contribution in [2.45, 2.75) is 59.5 Å². The van der Waals surface area contributed by atoms with Crippen molar-refractivity contribution in [1.29, 1.82) is 0 Å². The molecule has 1 aliphatic heterocycles. The van der Waals surface area contributed by atoms with Crippen LogP contribution in [-0.2, 0) is 4.79 Å². The van der Waals surface area contributed by atoms with E-state index in [1.807, 2.05) is 51.3 Å². The first-order chi connectivity index (χ1) is 19.0. The molecule has 208 valence electrons. The van der Waals surface area contributed by atoms with E-state index >= 15 is 0 Å². The monoisotopic (exact) mass is 576 g/mol. The van der Waals surface area contributed by atoms with E-state index in [0.717, 1.165) is 21.7 Å². The Morgan fingerprint density at radius 1 is 1.15 bits per heavy atom. The number of carbonyl (C=O) groups excluding carboxylic acids is 1. The fourth-order valence-electron chi connectivity index (χ4n) is 5.43. The van der Waals surface area contributed by atoms with E-state index in [0.29, 0.717) is 46.3 Å².